The summed E-state index contributed by atoms with van der Waals surface area (Å²) in [6.07, 6.45) is 5.45. The number of hydrogen-bond donors (Lipinski definition) is 2. The number of hydrogen-bond acceptors (Lipinski definition) is 5. The van der Waals surface area contributed by atoms with Gasteiger partial charge in [-0.3, -0.25) is 14.2 Å². The topological polar surface area (TPSA) is 92.4 Å². The maximum absolute atomic E-state index is 13.7. The Balaban J connectivity index is 1.12. The fourth-order valence-electron chi connectivity index (χ4n) is 6.25. The molecule has 208 valence electrons. The van der Waals surface area contributed by atoms with Crippen molar-refractivity contribution >= 4 is 28.5 Å². The molecule has 0 bridgehead atoms. The van der Waals surface area contributed by atoms with Gasteiger partial charge < -0.3 is 19.9 Å². The molecule has 40 heavy (non-hydrogen) atoms. The van der Waals surface area contributed by atoms with E-state index in [0.29, 0.717) is 61.7 Å². The van der Waals surface area contributed by atoms with Crippen LogP contribution in [0, 0.1) is 5.92 Å². The molecule has 0 aliphatic carbocycles. The van der Waals surface area contributed by atoms with Gasteiger partial charge in [-0.05, 0) is 55.0 Å². The van der Waals surface area contributed by atoms with E-state index in [9.17, 15) is 14.7 Å². The highest BCUT2D eigenvalue weighted by molar-refractivity contribution is 6.31. The molecule has 6 rings (SSSR count). The zero-order valence-corrected chi connectivity index (χ0v) is 23.1. The van der Waals surface area contributed by atoms with E-state index in [2.05, 4.69) is 10.3 Å². The predicted molar refractivity (Wildman–Crippen MR) is 155 cm³/mol. The number of halogens is 1. The number of nitrogens with one attached hydrogen (secondary N) is 1. The molecule has 2 aliphatic heterocycles. The number of aliphatic hydroxyl groups is 1. The van der Waals surface area contributed by atoms with Crippen molar-refractivity contribution in [2.24, 2.45) is 5.92 Å². The predicted octanol–water partition coefficient (Wildman–Crippen LogP) is 3.65. The summed E-state index contributed by atoms with van der Waals surface area (Å²) >= 11 is 6.33. The molecule has 2 aromatic heterocycles. The number of rotatable bonds is 6. The first-order valence-electron chi connectivity index (χ1n) is 14.0. The Morgan fingerprint density at radius 2 is 1.80 bits per heavy atom. The summed E-state index contributed by atoms with van der Waals surface area (Å²) < 4.78 is 3.64. The summed E-state index contributed by atoms with van der Waals surface area (Å²) in [5.41, 5.74) is 1.12. The smallest absolute Gasteiger partial charge is 0.262 e. The van der Waals surface area contributed by atoms with Crippen molar-refractivity contribution in [2.75, 3.05) is 26.2 Å². The quantitative estimate of drug-likeness (QED) is 0.376. The first kappa shape index (κ1) is 26.7. The van der Waals surface area contributed by atoms with Crippen LogP contribution in [0.1, 0.15) is 36.3 Å². The summed E-state index contributed by atoms with van der Waals surface area (Å²) in [4.78, 5) is 33.4. The Kier molecular flexibility index (Phi) is 7.49. The molecule has 9 heteroatoms. The van der Waals surface area contributed by atoms with Gasteiger partial charge in [0.05, 0.1) is 18.3 Å². The second kappa shape index (κ2) is 11.2. The SMILES string of the molecule is O=C(N1CCC(Cn2cnc3c(ccn3Cc3ccccc3Cl)c2=O)CC1)[C@@]1(O)CCNC[C@H]1c1ccccc1. The van der Waals surface area contributed by atoms with Crippen LogP contribution in [0.3, 0.4) is 0 Å². The monoisotopic (exact) mass is 559 g/mol. The lowest BCUT2D eigenvalue weighted by Gasteiger charge is -2.43. The maximum atomic E-state index is 13.7. The van der Waals surface area contributed by atoms with E-state index in [1.807, 2.05) is 76.3 Å². The second-order valence-electron chi connectivity index (χ2n) is 11.1. The van der Waals surface area contributed by atoms with Gasteiger partial charge in [0.2, 0.25) is 0 Å². The van der Waals surface area contributed by atoms with Crippen molar-refractivity contribution in [1.82, 2.24) is 24.3 Å². The Morgan fingerprint density at radius 1 is 1.05 bits per heavy atom. The molecular formula is C31H34ClN5O3. The minimum Gasteiger partial charge on any atom is -0.379 e. The molecule has 8 nitrogen and oxygen atoms in total. The molecule has 4 aromatic rings. The largest absolute Gasteiger partial charge is 0.379 e. The van der Waals surface area contributed by atoms with Crippen molar-refractivity contribution in [2.45, 2.75) is 43.9 Å². The molecule has 2 N–H and O–H groups in total. The fraction of sp³-hybridized carbons (Fsp3) is 0.387. The number of carbonyl (C=O) groups is 1. The van der Waals surface area contributed by atoms with Crippen LogP contribution in [-0.4, -0.2) is 61.8 Å². The number of nitrogens with zero attached hydrogens (tertiary/aromatic N) is 4. The highest BCUT2D eigenvalue weighted by Gasteiger charge is 2.48. The minimum absolute atomic E-state index is 0.0591. The van der Waals surface area contributed by atoms with Gasteiger partial charge in [0.1, 0.15) is 5.65 Å². The van der Waals surface area contributed by atoms with Crippen molar-refractivity contribution in [1.29, 1.82) is 0 Å². The Bertz CT molecular complexity index is 1560. The van der Waals surface area contributed by atoms with Gasteiger partial charge in [-0.2, -0.15) is 0 Å². The van der Waals surface area contributed by atoms with E-state index >= 15 is 0 Å². The zero-order valence-electron chi connectivity index (χ0n) is 22.4. The van der Waals surface area contributed by atoms with Crippen LogP contribution in [0.5, 0.6) is 0 Å². The molecule has 2 atom stereocenters. The van der Waals surface area contributed by atoms with Crippen molar-refractivity contribution in [3.05, 3.63) is 99.7 Å². The molecule has 0 radical (unpaired) electrons. The van der Waals surface area contributed by atoms with Crippen molar-refractivity contribution < 1.29 is 9.90 Å². The Hall–Kier alpha value is -3.46. The van der Waals surface area contributed by atoms with Crippen molar-refractivity contribution in [3.63, 3.8) is 0 Å². The van der Waals surface area contributed by atoms with Crippen LogP contribution in [0.4, 0.5) is 0 Å². The fourth-order valence-corrected chi connectivity index (χ4v) is 6.44. The molecule has 2 aliphatic rings. The summed E-state index contributed by atoms with van der Waals surface area (Å²) in [5, 5.41) is 16.3. The molecular weight excluding hydrogens is 526 g/mol. The lowest BCUT2D eigenvalue weighted by molar-refractivity contribution is -0.158. The van der Waals surface area contributed by atoms with E-state index in [-0.39, 0.29) is 23.3 Å². The van der Waals surface area contributed by atoms with Gasteiger partial charge in [-0.15, -0.1) is 0 Å². The van der Waals surface area contributed by atoms with Gasteiger partial charge in [0.25, 0.3) is 11.5 Å². The van der Waals surface area contributed by atoms with Crippen LogP contribution in [0.2, 0.25) is 5.02 Å². The van der Waals surface area contributed by atoms with E-state index in [0.717, 1.165) is 24.0 Å². The normalized spacial score (nSPS) is 22.1. The number of amides is 1. The average Bonchev–Trinajstić information content (AvgIpc) is 3.40. The van der Waals surface area contributed by atoms with Crippen LogP contribution >= 0.6 is 11.6 Å². The first-order valence-corrected chi connectivity index (χ1v) is 14.4. The lowest BCUT2D eigenvalue weighted by Crippen LogP contribution is -2.59. The lowest BCUT2D eigenvalue weighted by atomic mass is 9.76. The zero-order chi connectivity index (χ0) is 27.7. The molecule has 0 spiro atoms. The third-order valence-corrected chi connectivity index (χ3v) is 8.95. The molecule has 1 amide bonds. The average molecular weight is 560 g/mol. The number of aromatic nitrogens is 3. The molecule has 2 saturated heterocycles. The number of carbonyl (C=O) groups excluding carboxylic acids is 1. The van der Waals surface area contributed by atoms with Crippen LogP contribution < -0.4 is 10.9 Å². The number of fused-ring (bicyclic) bond motifs is 1. The number of likely N-dealkylation sites (tertiary alicyclic amines) is 1. The maximum Gasteiger partial charge on any atom is 0.262 e. The second-order valence-corrected chi connectivity index (χ2v) is 11.5. The van der Waals surface area contributed by atoms with Gasteiger partial charge in [0.15, 0.2) is 5.60 Å². The first-order chi connectivity index (χ1) is 19.4. The van der Waals surface area contributed by atoms with Crippen LogP contribution in [0.25, 0.3) is 11.0 Å². The summed E-state index contributed by atoms with van der Waals surface area (Å²) in [6.45, 7) is 3.42. The molecule has 2 aromatic carbocycles. The third kappa shape index (κ3) is 5.07. The summed E-state index contributed by atoms with van der Waals surface area (Å²) in [7, 11) is 0. The molecule has 0 unspecified atom stereocenters. The van der Waals surface area contributed by atoms with E-state index < -0.39 is 5.60 Å². The van der Waals surface area contributed by atoms with Gasteiger partial charge >= 0.3 is 0 Å². The minimum atomic E-state index is -1.41. The van der Waals surface area contributed by atoms with E-state index in [4.69, 9.17) is 11.6 Å². The Morgan fingerprint density at radius 3 is 2.58 bits per heavy atom. The van der Waals surface area contributed by atoms with Crippen LogP contribution in [-0.2, 0) is 17.9 Å². The molecule has 0 saturated carbocycles. The number of piperidine rings is 2. The molecule has 4 heterocycles. The van der Waals surface area contributed by atoms with Crippen LogP contribution in [0.15, 0.2) is 78.0 Å². The highest BCUT2D eigenvalue weighted by Crippen LogP contribution is 2.36. The van der Waals surface area contributed by atoms with Gasteiger partial charge in [-0.25, -0.2) is 4.98 Å². The molecule has 2 fully saturated rings. The highest BCUT2D eigenvalue weighted by atomic mass is 35.5. The summed E-state index contributed by atoms with van der Waals surface area (Å²) in [5.74, 6) is -0.213. The number of benzene rings is 2. The van der Waals surface area contributed by atoms with E-state index in [1.54, 1.807) is 10.9 Å². The third-order valence-electron chi connectivity index (χ3n) is 8.58. The van der Waals surface area contributed by atoms with Gasteiger partial charge in [0, 0.05) is 43.3 Å². The van der Waals surface area contributed by atoms with Gasteiger partial charge in [-0.1, -0.05) is 60.1 Å². The van der Waals surface area contributed by atoms with E-state index in [1.165, 1.54) is 0 Å². The standard InChI is InChI=1S/C31H34ClN5O3/c32-27-9-5-4-8-24(27)20-36-17-12-25-28(36)34-21-37(29(25)38)19-22-10-15-35(16-11-22)30(39)31(40)13-14-33-18-26(31)23-6-2-1-3-7-23/h1-9,12,17,21-22,26,33,40H,10-11,13-16,18-20H2/t26-,31+/m0/s1. The van der Waals surface area contributed by atoms with Crippen molar-refractivity contribution in [3.8, 4) is 0 Å². The summed E-state index contributed by atoms with van der Waals surface area (Å²) in [6, 6.07) is 19.3. The Labute approximate surface area is 238 Å².